The third kappa shape index (κ3) is 4.70. The molecule has 1 aromatic heterocycles. The molecule has 2 aliphatic rings. The maximum absolute atomic E-state index is 13.2. The van der Waals surface area contributed by atoms with Gasteiger partial charge in [0.05, 0.1) is 18.7 Å². The number of amides is 1. The lowest BCUT2D eigenvalue weighted by molar-refractivity contribution is -0.136. The van der Waals surface area contributed by atoms with Gasteiger partial charge < -0.3 is 14.4 Å². The molecule has 0 saturated carbocycles. The van der Waals surface area contributed by atoms with Crippen molar-refractivity contribution < 1.29 is 14.3 Å². The van der Waals surface area contributed by atoms with Crippen LogP contribution in [0.3, 0.4) is 0 Å². The van der Waals surface area contributed by atoms with Crippen LogP contribution in [-0.2, 0) is 17.8 Å². The van der Waals surface area contributed by atoms with Gasteiger partial charge in [-0.2, -0.15) is 0 Å². The van der Waals surface area contributed by atoms with Crippen LogP contribution in [0.25, 0.3) is 0 Å². The number of carbonyl (C=O) groups is 1. The number of fused-ring (bicyclic) bond motifs is 1. The highest BCUT2D eigenvalue weighted by Crippen LogP contribution is 2.31. The van der Waals surface area contributed by atoms with Crippen molar-refractivity contribution in [3.8, 4) is 11.5 Å². The lowest BCUT2D eigenvalue weighted by Gasteiger charge is -2.30. The van der Waals surface area contributed by atoms with E-state index >= 15 is 0 Å². The Morgan fingerprint density at radius 3 is 2.93 bits per heavy atom. The molecule has 4 rings (SSSR count). The van der Waals surface area contributed by atoms with Crippen LogP contribution in [0.15, 0.2) is 36.4 Å². The Labute approximate surface area is 172 Å². The molecule has 1 unspecified atom stereocenters. The van der Waals surface area contributed by atoms with Crippen LogP contribution in [0.2, 0.25) is 0 Å². The number of aromatic nitrogens is 1. The van der Waals surface area contributed by atoms with Crippen molar-refractivity contribution in [3.63, 3.8) is 0 Å². The molecular formula is C23H29N3O3. The Bertz CT molecular complexity index is 870. The Kier molecular flexibility index (Phi) is 6.00. The standard InChI is InChI=1S/C23H29N3O3/c1-17-5-3-6-20(24-17)15-25-9-4-10-26(12-11-25)23(27)19-13-18-14-21(28-2)7-8-22(18)29-16-19/h3,5-8,14,19H,4,9-13,15-16H2,1-2H3. The number of hydrogen-bond acceptors (Lipinski definition) is 5. The van der Waals surface area contributed by atoms with E-state index in [0.717, 1.165) is 67.6 Å². The van der Waals surface area contributed by atoms with Crippen molar-refractivity contribution >= 4 is 5.91 Å². The fourth-order valence-electron chi connectivity index (χ4n) is 4.18. The minimum Gasteiger partial charge on any atom is -0.497 e. The van der Waals surface area contributed by atoms with Gasteiger partial charge >= 0.3 is 0 Å². The van der Waals surface area contributed by atoms with Gasteiger partial charge in [-0.15, -0.1) is 0 Å². The highest BCUT2D eigenvalue weighted by molar-refractivity contribution is 5.80. The zero-order valence-corrected chi connectivity index (χ0v) is 17.3. The summed E-state index contributed by atoms with van der Waals surface area (Å²) >= 11 is 0. The van der Waals surface area contributed by atoms with Crippen LogP contribution >= 0.6 is 0 Å². The van der Waals surface area contributed by atoms with Crippen LogP contribution in [0, 0.1) is 12.8 Å². The van der Waals surface area contributed by atoms with Crippen molar-refractivity contribution in [3.05, 3.63) is 53.3 Å². The maximum atomic E-state index is 13.2. The van der Waals surface area contributed by atoms with E-state index in [1.807, 2.05) is 36.1 Å². The molecule has 0 aliphatic carbocycles. The molecule has 0 bridgehead atoms. The van der Waals surface area contributed by atoms with Gasteiger partial charge in [0.25, 0.3) is 0 Å². The summed E-state index contributed by atoms with van der Waals surface area (Å²) in [5, 5.41) is 0. The van der Waals surface area contributed by atoms with E-state index < -0.39 is 0 Å². The minimum atomic E-state index is -0.125. The van der Waals surface area contributed by atoms with E-state index in [4.69, 9.17) is 9.47 Å². The van der Waals surface area contributed by atoms with Gasteiger partial charge in [-0.05, 0) is 55.7 Å². The smallest absolute Gasteiger partial charge is 0.229 e. The molecule has 3 heterocycles. The number of hydrogen-bond donors (Lipinski definition) is 0. The zero-order valence-electron chi connectivity index (χ0n) is 17.3. The molecular weight excluding hydrogens is 366 g/mol. The van der Waals surface area contributed by atoms with E-state index in [1.54, 1.807) is 7.11 Å². The Morgan fingerprint density at radius 2 is 2.10 bits per heavy atom. The van der Waals surface area contributed by atoms with Gasteiger partial charge in [0.2, 0.25) is 5.91 Å². The minimum absolute atomic E-state index is 0.125. The summed E-state index contributed by atoms with van der Waals surface area (Å²) in [4.78, 5) is 22.2. The molecule has 1 saturated heterocycles. The number of methoxy groups -OCH3 is 1. The molecule has 1 aromatic carbocycles. The molecule has 1 fully saturated rings. The van der Waals surface area contributed by atoms with Crippen molar-refractivity contribution in [2.45, 2.75) is 26.3 Å². The fourth-order valence-corrected chi connectivity index (χ4v) is 4.18. The lowest BCUT2D eigenvalue weighted by atomic mass is 9.95. The summed E-state index contributed by atoms with van der Waals surface area (Å²) in [7, 11) is 1.66. The first-order valence-electron chi connectivity index (χ1n) is 10.4. The number of carbonyl (C=O) groups excluding carboxylic acids is 1. The van der Waals surface area contributed by atoms with Crippen molar-refractivity contribution in [2.24, 2.45) is 5.92 Å². The highest BCUT2D eigenvalue weighted by Gasteiger charge is 2.30. The van der Waals surface area contributed by atoms with Gasteiger partial charge in [-0.3, -0.25) is 14.7 Å². The van der Waals surface area contributed by atoms with Crippen molar-refractivity contribution in [2.75, 3.05) is 39.9 Å². The summed E-state index contributed by atoms with van der Waals surface area (Å²) in [5.74, 6) is 1.74. The predicted octanol–water partition coefficient (Wildman–Crippen LogP) is 2.68. The summed E-state index contributed by atoms with van der Waals surface area (Å²) < 4.78 is 11.2. The maximum Gasteiger partial charge on any atom is 0.229 e. The Hall–Kier alpha value is -2.60. The molecule has 6 heteroatoms. The van der Waals surface area contributed by atoms with Gasteiger partial charge in [0.1, 0.15) is 18.1 Å². The number of benzene rings is 1. The fraction of sp³-hybridized carbons (Fsp3) is 0.478. The first kappa shape index (κ1) is 19.7. The second-order valence-corrected chi connectivity index (χ2v) is 7.91. The van der Waals surface area contributed by atoms with Crippen LogP contribution in [-0.4, -0.2) is 60.6 Å². The molecule has 154 valence electrons. The van der Waals surface area contributed by atoms with Gasteiger partial charge in [-0.25, -0.2) is 0 Å². The number of pyridine rings is 1. The molecule has 0 radical (unpaired) electrons. The SMILES string of the molecule is COc1ccc2c(c1)CC(C(=O)N1CCCN(Cc3cccc(C)n3)CC1)CO2. The molecule has 29 heavy (non-hydrogen) atoms. The molecule has 2 aromatic rings. The van der Waals surface area contributed by atoms with E-state index in [1.165, 1.54) is 0 Å². The number of ether oxygens (including phenoxy) is 2. The quantitative estimate of drug-likeness (QED) is 0.797. The Morgan fingerprint density at radius 1 is 1.21 bits per heavy atom. The third-order valence-electron chi connectivity index (χ3n) is 5.76. The van der Waals surface area contributed by atoms with E-state index in [2.05, 4.69) is 22.0 Å². The molecule has 0 N–H and O–H groups in total. The topological polar surface area (TPSA) is 54.9 Å². The molecule has 0 spiro atoms. The first-order chi connectivity index (χ1) is 14.1. The number of rotatable bonds is 4. The van der Waals surface area contributed by atoms with Crippen LogP contribution < -0.4 is 9.47 Å². The first-order valence-corrected chi connectivity index (χ1v) is 10.4. The van der Waals surface area contributed by atoms with Crippen LogP contribution in [0.1, 0.15) is 23.4 Å². The molecule has 6 nitrogen and oxygen atoms in total. The average Bonchev–Trinajstić information content (AvgIpc) is 2.98. The number of aryl methyl sites for hydroxylation is 1. The van der Waals surface area contributed by atoms with Gasteiger partial charge in [0.15, 0.2) is 0 Å². The average molecular weight is 396 g/mol. The van der Waals surface area contributed by atoms with Gasteiger partial charge in [0, 0.05) is 38.4 Å². The summed E-state index contributed by atoms with van der Waals surface area (Å²) in [5.41, 5.74) is 3.19. The lowest BCUT2D eigenvalue weighted by Crippen LogP contribution is -2.42. The predicted molar refractivity (Wildman–Crippen MR) is 111 cm³/mol. The van der Waals surface area contributed by atoms with Gasteiger partial charge in [-0.1, -0.05) is 6.07 Å². The summed E-state index contributed by atoms with van der Waals surface area (Å²) in [6, 6.07) is 12.0. The monoisotopic (exact) mass is 395 g/mol. The second kappa shape index (κ2) is 8.82. The highest BCUT2D eigenvalue weighted by atomic mass is 16.5. The third-order valence-corrected chi connectivity index (χ3v) is 5.76. The number of nitrogens with zero attached hydrogens (tertiary/aromatic N) is 3. The zero-order chi connectivity index (χ0) is 20.2. The molecule has 1 amide bonds. The van der Waals surface area contributed by atoms with E-state index in [9.17, 15) is 4.79 Å². The normalized spacial score (nSPS) is 19.8. The largest absolute Gasteiger partial charge is 0.497 e. The summed E-state index contributed by atoms with van der Waals surface area (Å²) in [6.07, 6.45) is 1.69. The van der Waals surface area contributed by atoms with Crippen molar-refractivity contribution in [1.29, 1.82) is 0 Å². The molecule has 1 atom stereocenters. The second-order valence-electron chi connectivity index (χ2n) is 7.91. The van der Waals surface area contributed by atoms with Crippen molar-refractivity contribution in [1.82, 2.24) is 14.8 Å². The molecule has 2 aliphatic heterocycles. The van der Waals surface area contributed by atoms with Crippen LogP contribution in [0.5, 0.6) is 11.5 Å². The van der Waals surface area contributed by atoms with E-state index in [0.29, 0.717) is 13.0 Å². The summed E-state index contributed by atoms with van der Waals surface area (Å²) in [6.45, 7) is 6.73. The van der Waals surface area contributed by atoms with E-state index in [-0.39, 0.29) is 11.8 Å². The Balaban J connectivity index is 1.36. The van der Waals surface area contributed by atoms with Crippen LogP contribution in [0.4, 0.5) is 0 Å².